The fourth-order valence-corrected chi connectivity index (χ4v) is 9.00. The molecule has 6 atom stereocenters. The molecule has 0 bridgehead atoms. The maximum absolute atomic E-state index is 12.4. The van der Waals surface area contributed by atoms with E-state index in [4.69, 9.17) is 48.9 Å². The fourth-order valence-electron chi connectivity index (χ4n) is 4.72. The largest absolute Gasteiger partial charge is 0.509 e. The van der Waals surface area contributed by atoms with Crippen molar-refractivity contribution < 1.29 is 62.1 Å². The Balaban J connectivity index is 1.87. The molecule has 0 saturated carbocycles. The van der Waals surface area contributed by atoms with Crippen molar-refractivity contribution >= 4 is 88.6 Å². The van der Waals surface area contributed by atoms with Gasteiger partial charge in [-0.05, 0) is 56.5 Å². The number of carbonyl (C=O) groups is 3. The second kappa shape index (κ2) is 31.6. The molecule has 343 valence electrons. The highest BCUT2D eigenvalue weighted by molar-refractivity contribution is 8.77. The Morgan fingerprint density at radius 1 is 1.11 bits per heavy atom. The van der Waals surface area contributed by atoms with Crippen LogP contribution < -0.4 is 21.1 Å². The standard InChI is InChI=1S/C38H55BN4O13PS5/c1-7-12-38(5,57(47)48)54-21-30-29(56-34(60-58-6)24-52-36(46)53-26-59-25-41)20-31(55-30)39-13-9-15-42-32(44)22-49-17-18-50-33(61-62-37(2,3)4)23-51-28-11-8-10-27(19-28)35(45)43-16-14-40/h8,10-11,19,29-31,33-34,47-48H,14-18,20-24,26,40H2,1-6H3,(H,42,44)(H,43,45)/t29-,30?,31-,33?,34-,38?/m1/s1. The van der Waals surface area contributed by atoms with Crippen molar-refractivity contribution in [3.05, 3.63) is 29.8 Å². The molecule has 1 fully saturated rings. The van der Waals surface area contributed by atoms with E-state index in [0.29, 0.717) is 30.8 Å². The normalized spacial score (nSPS) is 17.8. The van der Waals surface area contributed by atoms with E-state index in [9.17, 15) is 24.2 Å². The van der Waals surface area contributed by atoms with Crippen molar-refractivity contribution in [2.45, 2.75) is 80.2 Å². The molecule has 0 aliphatic carbocycles. The predicted octanol–water partition coefficient (Wildman–Crippen LogP) is 4.29. The van der Waals surface area contributed by atoms with Crippen LogP contribution in [0.15, 0.2) is 24.3 Å². The zero-order chi connectivity index (χ0) is 45.8. The van der Waals surface area contributed by atoms with Crippen LogP contribution >= 0.6 is 63.3 Å². The molecule has 1 aromatic rings. The number of nitrogens with two attached hydrogens (primary N) is 1. The molecule has 6 N–H and O–H groups in total. The van der Waals surface area contributed by atoms with Crippen LogP contribution in [0.2, 0.25) is 0 Å². The summed E-state index contributed by atoms with van der Waals surface area (Å²) in [5.74, 6) is 10.8. The molecular weight excluding hydrogens is 923 g/mol. The molecule has 0 spiro atoms. The average Bonchev–Trinajstić information content (AvgIpc) is 3.62. The Hall–Kier alpha value is -2.24. The summed E-state index contributed by atoms with van der Waals surface area (Å²) in [6.45, 7) is 10.2. The lowest BCUT2D eigenvalue weighted by Crippen LogP contribution is -2.37. The van der Waals surface area contributed by atoms with Gasteiger partial charge < -0.3 is 64.0 Å². The number of carbonyl (C=O) groups excluding carboxylic acids is 3. The Morgan fingerprint density at radius 3 is 2.60 bits per heavy atom. The number of thioether (sulfide) groups is 1. The van der Waals surface area contributed by atoms with Crippen LogP contribution in [0, 0.1) is 34.2 Å². The van der Waals surface area contributed by atoms with Gasteiger partial charge in [0.05, 0.1) is 32.5 Å². The Bertz CT molecular complexity index is 1690. The first-order chi connectivity index (χ1) is 29.6. The maximum Gasteiger partial charge on any atom is 0.509 e. The highest BCUT2D eigenvalue weighted by Gasteiger charge is 2.41. The van der Waals surface area contributed by atoms with Gasteiger partial charge in [-0.1, -0.05) is 81.9 Å². The van der Waals surface area contributed by atoms with Crippen molar-refractivity contribution in [3.8, 4) is 34.7 Å². The van der Waals surface area contributed by atoms with E-state index < -0.39 is 43.5 Å². The molecule has 24 heteroatoms. The first-order valence-corrected chi connectivity index (χ1v) is 26.1. The molecule has 1 heterocycles. The van der Waals surface area contributed by atoms with Crippen molar-refractivity contribution in [2.24, 2.45) is 5.73 Å². The number of rotatable bonds is 28. The summed E-state index contributed by atoms with van der Waals surface area (Å²) < 4.78 is 45.8. The summed E-state index contributed by atoms with van der Waals surface area (Å²) >= 11 is 0.750. The van der Waals surface area contributed by atoms with E-state index in [1.54, 1.807) is 54.7 Å². The van der Waals surface area contributed by atoms with Crippen molar-refractivity contribution in [1.29, 1.82) is 5.26 Å². The molecule has 1 aromatic carbocycles. The van der Waals surface area contributed by atoms with E-state index in [1.807, 2.05) is 6.26 Å². The monoisotopic (exact) mass is 977 g/mol. The number of nitrogens with one attached hydrogen (secondary N) is 2. The minimum Gasteiger partial charge on any atom is -0.490 e. The lowest BCUT2D eigenvalue weighted by atomic mass is 9.71. The minimum absolute atomic E-state index is 0.0356. The first kappa shape index (κ1) is 55.9. The van der Waals surface area contributed by atoms with Gasteiger partial charge in [0, 0.05) is 29.4 Å². The van der Waals surface area contributed by atoms with Crippen LogP contribution in [-0.4, -0.2) is 146 Å². The molecule has 62 heavy (non-hydrogen) atoms. The quantitative estimate of drug-likeness (QED) is 0.0115. The van der Waals surface area contributed by atoms with Gasteiger partial charge in [0.1, 0.15) is 47.9 Å². The van der Waals surface area contributed by atoms with Gasteiger partial charge in [-0.25, -0.2) is 4.79 Å². The highest BCUT2D eigenvalue weighted by Crippen LogP contribution is 2.43. The Morgan fingerprint density at radius 2 is 1.90 bits per heavy atom. The van der Waals surface area contributed by atoms with Crippen LogP contribution in [0.3, 0.4) is 0 Å². The van der Waals surface area contributed by atoms with Crippen LogP contribution in [-0.2, 0) is 38.0 Å². The minimum atomic E-state index is -2.58. The summed E-state index contributed by atoms with van der Waals surface area (Å²) in [6, 6.07) is 6.34. The van der Waals surface area contributed by atoms with E-state index in [1.165, 1.54) is 39.3 Å². The van der Waals surface area contributed by atoms with Crippen LogP contribution in [0.5, 0.6) is 5.75 Å². The van der Waals surface area contributed by atoms with Gasteiger partial charge >= 0.3 is 6.16 Å². The van der Waals surface area contributed by atoms with Crippen molar-refractivity contribution in [1.82, 2.24) is 10.6 Å². The van der Waals surface area contributed by atoms with Crippen molar-refractivity contribution in [3.63, 3.8) is 0 Å². The van der Waals surface area contributed by atoms with E-state index in [2.05, 4.69) is 55.0 Å². The highest BCUT2D eigenvalue weighted by atomic mass is 33.1. The number of ether oxygens (including phenoxy) is 8. The second-order valence-corrected chi connectivity index (χ2v) is 21.6. The molecule has 1 radical (unpaired) electrons. The van der Waals surface area contributed by atoms with Gasteiger partial charge in [-0.3, -0.25) is 9.59 Å². The number of nitrogens with zero attached hydrogens (tertiary/aromatic N) is 1. The van der Waals surface area contributed by atoms with Crippen molar-refractivity contribution in [2.75, 3.05) is 71.5 Å². The van der Waals surface area contributed by atoms with Crippen LogP contribution in [0.1, 0.15) is 51.4 Å². The molecule has 2 amide bonds. The van der Waals surface area contributed by atoms with Gasteiger partial charge in [-0.2, -0.15) is 11.1 Å². The number of thiocyanates is 1. The van der Waals surface area contributed by atoms with E-state index >= 15 is 0 Å². The summed E-state index contributed by atoms with van der Waals surface area (Å²) in [5, 5.41) is 14.3. The number of benzene rings is 1. The predicted molar refractivity (Wildman–Crippen MR) is 248 cm³/mol. The number of amides is 2. The van der Waals surface area contributed by atoms with E-state index in [-0.39, 0.29) is 74.1 Å². The van der Waals surface area contributed by atoms with Gasteiger partial charge in [0.2, 0.25) is 14.3 Å². The summed E-state index contributed by atoms with van der Waals surface area (Å²) in [5.41, 5.74) is 4.94. The summed E-state index contributed by atoms with van der Waals surface area (Å²) in [7, 11) is 4.91. The third-order valence-corrected chi connectivity index (χ3v) is 14.3. The number of hydrogen-bond donors (Lipinski definition) is 5. The molecule has 0 aromatic heterocycles. The SMILES string of the molecule is CC#CC(C)(OCC1O[C@@H]([B]C#CCNC(=O)COCCOC(COc2cccc(C(=O)NCCN)c2)SSC(C)(C)C)C[C@H]1O[C@@H](COC(=O)OCSC#N)SSC)P(O)O. The molecule has 1 saturated heterocycles. The zero-order valence-electron chi connectivity index (χ0n) is 35.4. The summed E-state index contributed by atoms with van der Waals surface area (Å²) in [4.78, 5) is 56.7. The second-order valence-electron chi connectivity index (χ2n) is 13.6. The number of nitriles is 1. The maximum atomic E-state index is 12.4. The fraction of sp³-hybridized carbons (Fsp3) is 0.632. The Labute approximate surface area is 386 Å². The lowest BCUT2D eigenvalue weighted by Gasteiger charge is -2.29. The third kappa shape index (κ3) is 24.2. The molecule has 17 nitrogen and oxygen atoms in total. The smallest absolute Gasteiger partial charge is 0.490 e. The summed E-state index contributed by atoms with van der Waals surface area (Å²) in [6.07, 6.45) is -0.0500. The number of hydrogen-bond acceptors (Lipinski definition) is 20. The van der Waals surface area contributed by atoms with Gasteiger partial charge in [0.25, 0.3) is 13.2 Å². The third-order valence-electron chi connectivity index (χ3n) is 7.49. The van der Waals surface area contributed by atoms with Gasteiger partial charge in [-0.15, -0.1) is 5.92 Å². The molecular formula is C38H55BN4O13PS5. The molecule has 2 rings (SSSR count). The molecule has 1 aliphatic rings. The average molecular weight is 978 g/mol. The lowest BCUT2D eigenvalue weighted by molar-refractivity contribution is -0.126. The molecule has 3 unspecified atom stereocenters. The topological polar surface area (TPSA) is 239 Å². The van der Waals surface area contributed by atoms with Crippen LogP contribution in [0.4, 0.5) is 4.79 Å². The van der Waals surface area contributed by atoms with Crippen LogP contribution in [0.25, 0.3) is 0 Å². The zero-order valence-corrected chi connectivity index (χ0v) is 40.4. The molecule has 1 aliphatic heterocycles. The van der Waals surface area contributed by atoms with Gasteiger partial charge in [0.15, 0.2) is 11.3 Å². The first-order valence-electron chi connectivity index (χ1n) is 19.0. The Kier molecular flexibility index (Phi) is 28.5. The van der Waals surface area contributed by atoms with E-state index in [0.717, 1.165) is 11.8 Å².